The number of hydrazone groups is 1. The first-order valence-corrected chi connectivity index (χ1v) is 11.3. The van der Waals surface area contributed by atoms with Crippen molar-refractivity contribution < 1.29 is 18.9 Å². The minimum Gasteiger partial charge on any atom is -0.455 e. The van der Waals surface area contributed by atoms with Gasteiger partial charge >= 0.3 is 0 Å². The number of rotatable bonds is 5. The maximum absolute atomic E-state index is 13.1. The number of hydrogen-bond acceptors (Lipinski definition) is 6. The van der Waals surface area contributed by atoms with Crippen LogP contribution in [-0.2, 0) is 17.6 Å². The summed E-state index contributed by atoms with van der Waals surface area (Å²) in [6, 6.07) is 5.86. The Balaban J connectivity index is 1.46. The highest BCUT2D eigenvalue weighted by Gasteiger charge is 2.31. The number of non-ortho nitro benzene ring substituents is 1. The smallest absolute Gasteiger partial charge is 0.289 e. The molecule has 33 heavy (non-hydrogen) atoms. The molecule has 2 amide bonds. The van der Waals surface area contributed by atoms with Gasteiger partial charge in [0.1, 0.15) is 5.76 Å². The van der Waals surface area contributed by atoms with Crippen molar-refractivity contribution in [2.75, 3.05) is 13.1 Å². The number of amides is 2. The number of piperidine rings is 1. The summed E-state index contributed by atoms with van der Waals surface area (Å²) < 4.78 is 6.00. The molecule has 9 nitrogen and oxygen atoms in total. The van der Waals surface area contributed by atoms with Crippen LogP contribution >= 0.6 is 0 Å². The van der Waals surface area contributed by atoms with Gasteiger partial charge in [-0.05, 0) is 44.1 Å². The van der Waals surface area contributed by atoms with E-state index < -0.39 is 4.92 Å². The molecule has 1 aromatic carbocycles. The minimum atomic E-state index is -0.478. The van der Waals surface area contributed by atoms with Gasteiger partial charge in [-0.3, -0.25) is 19.7 Å². The Bertz CT molecular complexity index is 1090. The standard InChI is InChI=1S/C24H28N4O5/c1-15-10-12-27(13-11-15)24(30)23-16(2)22-19(4-3-5-20(22)33-23)25-26-21(29)14-17-6-8-18(9-7-17)28(31)32/h6-9,15H,3-5,10-14H2,1-2H3,(H,26,29)/b25-19+. The monoisotopic (exact) mass is 452 g/mol. The molecule has 1 fully saturated rings. The molecule has 1 saturated heterocycles. The third-order valence-corrected chi connectivity index (χ3v) is 6.42. The predicted molar refractivity (Wildman–Crippen MR) is 122 cm³/mol. The Morgan fingerprint density at radius 3 is 2.58 bits per heavy atom. The fourth-order valence-electron chi connectivity index (χ4n) is 4.43. The number of fused-ring (bicyclic) bond motifs is 1. The molecule has 4 rings (SSSR count). The van der Waals surface area contributed by atoms with E-state index in [1.165, 1.54) is 12.1 Å². The minimum absolute atomic E-state index is 0.0195. The zero-order valence-corrected chi connectivity index (χ0v) is 18.9. The molecule has 0 unspecified atom stereocenters. The molecule has 0 atom stereocenters. The number of carbonyl (C=O) groups excluding carboxylic acids is 2. The molecule has 0 bridgehead atoms. The van der Waals surface area contributed by atoms with Gasteiger partial charge in [0.05, 0.1) is 17.1 Å². The maximum atomic E-state index is 13.1. The highest BCUT2D eigenvalue weighted by molar-refractivity contribution is 6.06. The van der Waals surface area contributed by atoms with Crippen LogP contribution in [0.1, 0.15) is 65.6 Å². The van der Waals surface area contributed by atoms with Crippen molar-refractivity contribution in [2.24, 2.45) is 11.0 Å². The number of nitro benzene ring substituents is 1. The fraction of sp³-hybridized carbons (Fsp3) is 0.458. The second-order valence-electron chi connectivity index (χ2n) is 8.88. The molecular weight excluding hydrogens is 424 g/mol. The number of furan rings is 1. The lowest BCUT2D eigenvalue weighted by Gasteiger charge is -2.29. The lowest BCUT2D eigenvalue weighted by atomic mass is 9.93. The third kappa shape index (κ3) is 4.97. The Kier molecular flexibility index (Phi) is 6.57. The molecule has 174 valence electrons. The summed E-state index contributed by atoms with van der Waals surface area (Å²) in [5.74, 6) is 1.37. The van der Waals surface area contributed by atoms with Crippen molar-refractivity contribution in [1.82, 2.24) is 10.3 Å². The van der Waals surface area contributed by atoms with Gasteiger partial charge in [-0.25, -0.2) is 5.43 Å². The van der Waals surface area contributed by atoms with Crippen molar-refractivity contribution in [3.63, 3.8) is 0 Å². The molecule has 0 radical (unpaired) electrons. The van der Waals surface area contributed by atoms with E-state index in [2.05, 4.69) is 17.5 Å². The molecule has 1 aromatic heterocycles. The van der Waals surface area contributed by atoms with Gasteiger partial charge in [-0.2, -0.15) is 5.10 Å². The summed E-state index contributed by atoms with van der Waals surface area (Å²) in [6.45, 7) is 5.56. The number of nitro groups is 1. The summed E-state index contributed by atoms with van der Waals surface area (Å²) in [6.07, 6.45) is 4.29. The summed E-state index contributed by atoms with van der Waals surface area (Å²) in [5, 5.41) is 15.1. The largest absolute Gasteiger partial charge is 0.455 e. The second-order valence-corrected chi connectivity index (χ2v) is 8.88. The third-order valence-electron chi connectivity index (χ3n) is 6.42. The van der Waals surface area contributed by atoms with Gasteiger partial charge in [0, 0.05) is 42.8 Å². The number of nitrogens with one attached hydrogen (secondary N) is 1. The molecule has 1 aliphatic heterocycles. The summed E-state index contributed by atoms with van der Waals surface area (Å²) >= 11 is 0. The zero-order chi connectivity index (χ0) is 23.5. The van der Waals surface area contributed by atoms with E-state index in [1.807, 2.05) is 11.8 Å². The Morgan fingerprint density at radius 2 is 1.91 bits per heavy atom. The molecule has 0 spiro atoms. The molecular formula is C24H28N4O5. The molecule has 2 aliphatic rings. The summed E-state index contributed by atoms with van der Waals surface area (Å²) in [4.78, 5) is 37.6. The number of nitrogens with zero attached hydrogens (tertiary/aromatic N) is 3. The van der Waals surface area contributed by atoms with Crippen LogP contribution in [0.2, 0.25) is 0 Å². The van der Waals surface area contributed by atoms with E-state index in [0.717, 1.165) is 55.7 Å². The Morgan fingerprint density at radius 1 is 1.21 bits per heavy atom. The number of aryl methyl sites for hydroxylation is 1. The maximum Gasteiger partial charge on any atom is 0.289 e. The summed E-state index contributed by atoms with van der Waals surface area (Å²) in [7, 11) is 0. The van der Waals surface area contributed by atoms with Crippen LogP contribution in [0.5, 0.6) is 0 Å². The highest BCUT2D eigenvalue weighted by Crippen LogP contribution is 2.31. The van der Waals surface area contributed by atoms with E-state index in [4.69, 9.17) is 4.42 Å². The van der Waals surface area contributed by atoms with Gasteiger partial charge in [-0.1, -0.05) is 19.1 Å². The van der Waals surface area contributed by atoms with Crippen LogP contribution in [0.3, 0.4) is 0 Å². The van der Waals surface area contributed by atoms with E-state index in [0.29, 0.717) is 29.4 Å². The SMILES string of the molecule is Cc1c(C(=O)N2CCC(C)CC2)oc2c1/C(=N/NC(=O)Cc1ccc([N+](=O)[O-])cc1)CCC2. The van der Waals surface area contributed by atoms with Gasteiger partial charge in [-0.15, -0.1) is 0 Å². The molecule has 9 heteroatoms. The van der Waals surface area contributed by atoms with E-state index >= 15 is 0 Å². The fourth-order valence-corrected chi connectivity index (χ4v) is 4.43. The first-order valence-electron chi connectivity index (χ1n) is 11.3. The van der Waals surface area contributed by atoms with E-state index in [1.54, 1.807) is 12.1 Å². The molecule has 1 N–H and O–H groups in total. The van der Waals surface area contributed by atoms with Gasteiger partial charge < -0.3 is 9.32 Å². The van der Waals surface area contributed by atoms with Crippen molar-refractivity contribution in [3.8, 4) is 0 Å². The van der Waals surface area contributed by atoms with Gasteiger partial charge in [0.2, 0.25) is 5.91 Å². The van der Waals surface area contributed by atoms with Crippen molar-refractivity contribution in [2.45, 2.75) is 52.4 Å². The molecule has 2 heterocycles. The topological polar surface area (TPSA) is 118 Å². The van der Waals surface area contributed by atoms with Crippen LogP contribution < -0.4 is 5.43 Å². The van der Waals surface area contributed by atoms with Crippen molar-refractivity contribution in [1.29, 1.82) is 0 Å². The lowest BCUT2D eigenvalue weighted by molar-refractivity contribution is -0.384. The lowest BCUT2D eigenvalue weighted by Crippen LogP contribution is -2.38. The van der Waals surface area contributed by atoms with Crippen LogP contribution in [0, 0.1) is 23.0 Å². The molecule has 2 aromatic rings. The average molecular weight is 453 g/mol. The number of hydrogen-bond donors (Lipinski definition) is 1. The normalized spacial score (nSPS) is 17.6. The van der Waals surface area contributed by atoms with Crippen LogP contribution in [0.15, 0.2) is 33.8 Å². The second kappa shape index (κ2) is 9.56. The number of benzene rings is 1. The van der Waals surface area contributed by atoms with E-state index in [-0.39, 0.29) is 23.9 Å². The van der Waals surface area contributed by atoms with Gasteiger partial charge in [0.15, 0.2) is 5.76 Å². The van der Waals surface area contributed by atoms with Crippen LogP contribution in [0.4, 0.5) is 5.69 Å². The molecule has 0 saturated carbocycles. The average Bonchev–Trinajstić information content (AvgIpc) is 3.15. The van der Waals surface area contributed by atoms with Crippen molar-refractivity contribution >= 4 is 23.2 Å². The van der Waals surface area contributed by atoms with Gasteiger partial charge in [0.25, 0.3) is 11.6 Å². The first kappa shape index (κ1) is 22.7. The zero-order valence-electron chi connectivity index (χ0n) is 18.9. The highest BCUT2D eigenvalue weighted by atomic mass is 16.6. The number of carbonyl (C=O) groups is 2. The Hall–Kier alpha value is -3.49. The van der Waals surface area contributed by atoms with Crippen LogP contribution in [0.25, 0.3) is 0 Å². The number of likely N-dealkylation sites (tertiary alicyclic amines) is 1. The quantitative estimate of drug-likeness (QED) is 0.547. The first-order chi connectivity index (χ1) is 15.8. The Labute approximate surface area is 192 Å². The predicted octanol–water partition coefficient (Wildman–Crippen LogP) is 3.77. The van der Waals surface area contributed by atoms with E-state index in [9.17, 15) is 19.7 Å². The summed E-state index contributed by atoms with van der Waals surface area (Å²) in [5.41, 5.74) is 5.54. The van der Waals surface area contributed by atoms with Crippen LogP contribution in [-0.4, -0.2) is 40.4 Å². The molecule has 1 aliphatic carbocycles. The van der Waals surface area contributed by atoms with Crippen molar-refractivity contribution in [3.05, 3.63) is 62.6 Å².